The van der Waals surface area contributed by atoms with Crippen molar-refractivity contribution in [2.24, 2.45) is 0 Å². The van der Waals surface area contributed by atoms with Crippen LogP contribution >= 0.6 is 0 Å². The van der Waals surface area contributed by atoms with E-state index in [4.69, 9.17) is 0 Å². The Balaban J connectivity index is 2.30. The first-order valence-electron chi connectivity index (χ1n) is 3.98. The van der Waals surface area contributed by atoms with Crippen molar-refractivity contribution < 1.29 is 0 Å². The molecule has 0 unspecified atom stereocenters. The van der Waals surface area contributed by atoms with E-state index in [0.29, 0.717) is 0 Å². The van der Waals surface area contributed by atoms with Gasteiger partial charge in [-0.25, -0.2) is 9.97 Å². The van der Waals surface area contributed by atoms with Gasteiger partial charge in [-0.1, -0.05) is 0 Å². The van der Waals surface area contributed by atoms with Crippen molar-refractivity contribution in [2.75, 3.05) is 18.0 Å². The lowest BCUT2D eigenvalue weighted by Gasteiger charge is -1.99. The smallest absolute Gasteiger partial charge is 0.235 e. The molecule has 4 heteroatoms. The van der Waals surface area contributed by atoms with E-state index < -0.39 is 0 Å². The van der Waals surface area contributed by atoms with Crippen LogP contribution in [0.3, 0.4) is 0 Å². The molecule has 0 radical (unpaired) electrons. The molecule has 60 valence electrons. The summed E-state index contributed by atoms with van der Waals surface area (Å²) in [7, 11) is 0. The van der Waals surface area contributed by atoms with Crippen LogP contribution in [0.15, 0.2) is 24.7 Å². The lowest BCUT2D eigenvalue weighted by molar-refractivity contribution is 1.09. The number of fused-ring (bicyclic) bond motifs is 1. The Hall–Kier alpha value is -1.58. The summed E-state index contributed by atoms with van der Waals surface area (Å²) in [6.07, 6.45) is 5.62. The number of nitrogens with zero attached hydrogens (tertiary/aromatic N) is 4. The number of anilines is 1. The highest BCUT2D eigenvalue weighted by Crippen LogP contribution is 2.20. The van der Waals surface area contributed by atoms with Gasteiger partial charge in [-0.05, 0) is 6.07 Å². The topological polar surface area (TPSA) is 33.2 Å². The Morgan fingerprint density at radius 1 is 1.25 bits per heavy atom. The fourth-order valence-electron chi connectivity index (χ4n) is 1.33. The summed E-state index contributed by atoms with van der Waals surface area (Å²) < 4.78 is 2.01. The van der Waals surface area contributed by atoms with Crippen LogP contribution in [-0.4, -0.2) is 27.5 Å². The molecular formula is C8H8N4. The normalized spacial score (nSPS) is 15.5. The molecule has 0 spiro atoms. The van der Waals surface area contributed by atoms with Gasteiger partial charge in [0.1, 0.15) is 5.82 Å². The van der Waals surface area contributed by atoms with E-state index in [1.54, 1.807) is 6.20 Å². The Kier molecular flexibility index (Phi) is 0.983. The van der Waals surface area contributed by atoms with E-state index in [1.807, 2.05) is 22.9 Å². The minimum Gasteiger partial charge on any atom is -0.353 e. The average molecular weight is 160 g/mol. The molecule has 1 aliphatic heterocycles. The summed E-state index contributed by atoms with van der Waals surface area (Å²) >= 11 is 0. The van der Waals surface area contributed by atoms with Crippen molar-refractivity contribution in [2.45, 2.75) is 0 Å². The minimum absolute atomic E-state index is 0.777. The molecule has 0 amide bonds. The zero-order valence-corrected chi connectivity index (χ0v) is 6.51. The highest BCUT2D eigenvalue weighted by atomic mass is 15.3. The number of hydrogen-bond acceptors (Lipinski definition) is 3. The molecule has 4 nitrogen and oxygen atoms in total. The first-order valence-corrected chi connectivity index (χ1v) is 3.98. The molecule has 0 atom stereocenters. The minimum atomic E-state index is 0.777. The van der Waals surface area contributed by atoms with Crippen LogP contribution < -0.4 is 4.90 Å². The fourth-order valence-corrected chi connectivity index (χ4v) is 1.33. The maximum absolute atomic E-state index is 4.19. The Labute approximate surface area is 69.5 Å². The van der Waals surface area contributed by atoms with E-state index in [0.717, 1.165) is 24.7 Å². The summed E-state index contributed by atoms with van der Waals surface area (Å²) in [5.74, 6) is 1.93. The summed E-state index contributed by atoms with van der Waals surface area (Å²) in [5, 5.41) is 0. The molecule has 0 aliphatic carbocycles. The Bertz CT molecular complexity index is 416. The van der Waals surface area contributed by atoms with Crippen LogP contribution in [0.4, 0.5) is 5.82 Å². The molecule has 3 rings (SSSR count). The average Bonchev–Trinajstić information content (AvgIpc) is 2.86. The molecule has 0 saturated carbocycles. The maximum atomic E-state index is 4.19. The number of aromatic nitrogens is 3. The van der Waals surface area contributed by atoms with Crippen LogP contribution in [0.2, 0.25) is 0 Å². The lowest BCUT2D eigenvalue weighted by atomic mass is 10.6. The van der Waals surface area contributed by atoms with Gasteiger partial charge in [-0.2, -0.15) is 0 Å². The van der Waals surface area contributed by atoms with E-state index >= 15 is 0 Å². The van der Waals surface area contributed by atoms with Gasteiger partial charge in [0.15, 0.2) is 0 Å². The number of imidazole rings is 1. The second-order valence-electron chi connectivity index (χ2n) is 2.89. The summed E-state index contributed by atoms with van der Waals surface area (Å²) in [5.41, 5.74) is 0. The van der Waals surface area contributed by atoms with Crippen molar-refractivity contribution in [3.05, 3.63) is 24.7 Å². The number of hydrogen-bond donors (Lipinski definition) is 0. The second-order valence-corrected chi connectivity index (χ2v) is 2.89. The quantitative estimate of drug-likeness (QED) is 0.571. The standard InChI is InChI=1S/C8H8N4/c1-2-9-8-10-6-7(11-4-5-11)12(8)3-1/h1-3,6H,4-5H2. The monoisotopic (exact) mass is 160 g/mol. The van der Waals surface area contributed by atoms with E-state index in [-0.39, 0.29) is 0 Å². The van der Waals surface area contributed by atoms with Crippen molar-refractivity contribution in [1.29, 1.82) is 0 Å². The Morgan fingerprint density at radius 2 is 2.17 bits per heavy atom. The van der Waals surface area contributed by atoms with Gasteiger partial charge in [0.05, 0.1) is 6.20 Å². The fraction of sp³-hybridized carbons (Fsp3) is 0.250. The molecule has 2 aromatic heterocycles. The van der Waals surface area contributed by atoms with Gasteiger partial charge in [-0.3, -0.25) is 4.40 Å². The summed E-state index contributed by atoms with van der Waals surface area (Å²) in [4.78, 5) is 10.6. The van der Waals surface area contributed by atoms with Crippen molar-refractivity contribution in [3.63, 3.8) is 0 Å². The second kappa shape index (κ2) is 1.97. The SMILES string of the molecule is c1cnc2ncc(N3CC3)n2c1. The molecule has 0 N–H and O–H groups in total. The van der Waals surface area contributed by atoms with Gasteiger partial charge in [0, 0.05) is 25.5 Å². The molecule has 12 heavy (non-hydrogen) atoms. The molecule has 1 fully saturated rings. The van der Waals surface area contributed by atoms with Gasteiger partial charge < -0.3 is 4.90 Å². The molecule has 0 aromatic carbocycles. The molecule has 1 saturated heterocycles. The van der Waals surface area contributed by atoms with Crippen LogP contribution in [0.5, 0.6) is 0 Å². The van der Waals surface area contributed by atoms with Crippen LogP contribution in [0, 0.1) is 0 Å². The summed E-state index contributed by atoms with van der Waals surface area (Å²) in [6.45, 7) is 2.28. The summed E-state index contributed by atoms with van der Waals surface area (Å²) in [6, 6.07) is 1.92. The van der Waals surface area contributed by atoms with Gasteiger partial charge in [-0.15, -0.1) is 0 Å². The maximum Gasteiger partial charge on any atom is 0.235 e. The van der Waals surface area contributed by atoms with Crippen LogP contribution in [0.1, 0.15) is 0 Å². The Morgan fingerprint density at radius 3 is 3.00 bits per heavy atom. The first kappa shape index (κ1) is 5.99. The molecular weight excluding hydrogens is 152 g/mol. The van der Waals surface area contributed by atoms with Crippen LogP contribution in [0.25, 0.3) is 5.78 Å². The van der Waals surface area contributed by atoms with Crippen molar-refractivity contribution >= 4 is 11.6 Å². The lowest BCUT2D eigenvalue weighted by Crippen LogP contribution is -1.96. The predicted molar refractivity (Wildman–Crippen MR) is 45.2 cm³/mol. The number of rotatable bonds is 1. The van der Waals surface area contributed by atoms with Gasteiger partial charge in [0.2, 0.25) is 5.78 Å². The third-order valence-electron chi connectivity index (χ3n) is 2.04. The van der Waals surface area contributed by atoms with E-state index in [2.05, 4.69) is 14.9 Å². The highest BCUT2D eigenvalue weighted by molar-refractivity contribution is 5.51. The van der Waals surface area contributed by atoms with Gasteiger partial charge >= 0.3 is 0 Å². The third-order valence-corrected chi connectivity index (χ3v) is 2.04. The largest absolute Gasteiger partial charge is 0.353 e. The zero-order chi connectivity index (χ0) is 7.97. The van der Waals surface area contributed by atoms with E-state index in [1.165, 1.54) is 0 Å². The highest BCUT2D eigenvalue weighted by Gasteiger charge is 2.21. The predicted octanol–water partition coefficient (Wildman–Crippen LogP) is 0.549. The van der Waals surface area contributed by atoms with Crippen molar-refractivity contribution in [1.82, 2.24) is 14.4 Å². The third kappa shape index (κ3) is 0.717. The molecule has 3 heterocycles. The molecule has 2 aromatic rings. The first-order chi connectivity index (χ1) is 5.95. The zero-order valence-electron chi connectivity index (χ0n) is 6.51. The molecule has 1 aliphatic rings. The van der Waals surface area contributed by atoms with Gasteiger partial charge in [0.25, 0.3) is 0 Å². The van der Waals surface area contributed by atoms with E-state index in [9.17, 15) is 0 Å². The van der Waals surface area contributed by atoms with Crippen molar-refractivity contribution in [3.8, 4) is 0 Å². The van der Waals surface area contributed by atoms with Crippen LogP contribution in [-0.2, 0) is 0 Å². The molecule has 0 bridgehead atoms.